The van der Waals surface area contributed by atoms with Crippen LogP contribution >= 0.6 is 0 Å². The number of benzene rings is 2. The highest BCUT2D eigenvalue weighted by Gasteiger charge is 2.22. The number of carbonyl (C=O) groups excluding carboxylic acids is 1. The number of methoxy groups -OCH3 is 2. The zero-order valence-electron chi connectivity index (χ0n) is 17.7. The molecule has 29 heavy (non-hydrogen) atoms. The molecule has 2 amide bonds. The minimum absolute atomic E-state index is 0.0787. The Bertz CT molecular complexity index is 851. The molecule has 0 unspecified atom stereocenters. The normalized spacial score (nSPS) is 13.1. The van der Waals surface area contributed by atoms with Crippen molar-refractivity contribution in [3.8, 4) is 17.2 Å². The van der Waals surface area contributed by atoms with Crippen molar-refractivity contribution in [3.63, 3.8) is 0 Å². The van der Waals surface area contributed by atoms with Gasteiger partial charge in [0.1, 0.15) is 12.4 Å². The first kappa shape index (κ1) is 20.8. The molecule has 6 nitrogen and oxygen atoms in total. The molecule has 1 aliphatic heterocycles. The largest absolute Gasteiger partial charge is 0.493 e. The van der Waals surface area contributed by atoms with Crippen molar-refractivity contribution in [1.82, 2.24) is 10.2 Å². The maximum atomic E-state index is 12.5. The van der Waals surface area contributed by atoms with Crippen LogP contribution in [0.15, 0.2) is 36.4 Å². The molecule has 0 aromatic heterocycles. The molecule has 0 fully saturated rings. The molecular weight excluding hydrogens is 368 g/mol. The molecule has 2 aromatic rings. The van der Waals surface area contributed by atoms with Crippen LogP contribution in [0.3, 0.4) is 0 Å². The number of amides is 2. The molecule has 1 heterocycles. The highest BCUT2D eigenvalue weighted by molar-refractivity contribution is 5.74. The van der Waals surface area contributed by atoms with E-state index in [1.807, 2.05) is 29.2 Å². The lowest BCUT2D eigenvalue weighted by molar-refractivity contribution is 0.189. The average Bonchev–Trinajstić information content (AvgIpc) is 2.75. The maximum absolute atomic E-state index is 12.5. The second-order valence-corrected chi connectivity index (χ2v) is 7.46. The van der Waals surface area contributed by atoms with Crippen LogP contribution in [-0.4, -0.2) is 44.8 Å². The first-order valence-electron chi connectivity index (χ1n) is 10.0. The third-order valence-corrected chi connectivity index (χ3v) is 5.18. The summed E-state index contributed by atoms with van der Waals surface area (Å²) < 4.78 is 16.5. The lowest BCUT2D eigenvalue weighted by atomic mass is 9.99. The summed E-state index contributed by atoms with van der Waals surface area (Å²) in [5.74, 6) is 2.70. The van der Waals surface area contributed by atoms with Gasteiger partial charge in [-0.3, -0.25) is 0 Å². The molecule has 0 radical (unpaired) electrons. The lowest BCUT2D eigenvalue weighted by Crippen LogP contribution is -2.43. The van der Waals surface area contributed by atoms with Gasteiger partial charge in [0.05, 0.1) is 20.8 Å². The first-order chi connectivity index (χ1) is 14.0. The van der Waals surface area contributed by atoms with Crippen molar-refractivity contribution in [2.24, 2.45) is 0 Å². The number of nitrogens with one attached hydrogen (secondary N) is 1. The van der Waals surface area contributed by atoms with Crippen LogP contribution in [0.5, 0.6) is 17.2 Å². The second kappa shape index (κ2) is 9.54. The molecular formula is C23H30N2O4. The fourth-order valence-corrected chi connectivity index (χ4v) is 3.46. The number of carbonyl (C=O) groups is 1. The summed E-state index contributed by atoms with van der Waals surface area (Å²) in [5, 5.41) is 2.95. The van der Waals surface area contributed by atoms with Gasteiger partial charge in [-0.15, -0.1) is 0 Å². The highest BCUT2D eigenvalue weighted by atomic mass is 16.5. The molecule has 0 spiro atoms. The van der Waals surface area contributed by atoms with Gasteiger partial charge in [-0.2, -0.15) is 0 Å². The third-order valence-electron chi connectivity index (χ3n) is 5.18. The van der Waals surface area contributed by atoms with Gasteiger partial charge in [0.2, 0.25) is 0 Å². The monoisotopic (exact) mass is 398 g/mol. The van der Waals surface area contributed by atoms with Crippen LogP contribution in [0.2, 0.25) is 0 Å². The lowest BCUT2D eigenvalue weighted by Gasteiger charge is -2.29. The summed E-state index contributed by atoms with van der Waals surface area (Å²) >= 11 is 0. The van der Waals surface area contributed by atoms with E-state index in [-0.39, 0.29) is 6.03 Å². The van der Waals surface area contributed by atoms with E-state index < -0.39 is 0 Å². The fraction of sp³-hybridized carbons (Fsp3) is 0.435. The molecule has 6 heteroatoms. The Kier molecular flexibility index (Phi) is 6.86. The molecule has 0 bridgehead atoms. The Morgan fingerprint density at radius 1 is 1.10 bits per heavy atom. The average molecular weight is 399 g/mol. The Balaban J connectivity index is 1.50. The van der Waals surface area contributed by atoms with Gasteiger partial charge in [-0.25, -0.2) is 4.79 Å². The van der Waals surface area contributed by atoms with E-state index in [0.29, 0.717) is 37.9 Å². The molecule has 1 aliphatic rings. The van der Waals surface area contributed by atoms with E-state index in [4.69, 9.17) is 14.2 Å². The third kappa shape index (κ3) is 5.13. The van der Waals surface area contributed by atoms with Crippen molar-refractivity contribution >= 4 is 6.03 Å². The molecule has 1 N–H and O–H groups in total. The van der Waals surface area contributed by atoms with E-state index in [0.717, 1.165) is 23.5 Å². The number of rotatable bonds is 7. The minimum atomic E-state index is -0.0787. The standard InChI is InChI=1S/C23H30N2O4/c1-16(2)17-6-5-7-20(12-17)29-11-9-24-23(26)25-10-8-18-13-21(27-3)22(28-4)14-19(18)15-25/h5-7,12-14,16H,8-11,15H2,1-4H3,(H,24,26). The van der Waals surface area contributed by atoms with Gasteiger partial charge in [0.25, 0.3) is 0 Å². The zero-order valence-corrected chi connectivity index (χ0v) is 17.7. The smallest absolute Gasteiger partial charge is 0.317 e. The Morgan fingerprint density at radius 2 is 1.83 bits per heavy atom. The van der Waals surface area contributed by atoms with E-state index in [1.54, 1.807) is 14.2 Å². The summed E-state index contributed by atoms with van der Waals surface area (Å²) in [7, 11) is 3.25. The SMILES string of the molecule is COc1cc2c(cc1OC)CN(C(=O)NCCOc1cccc(C(C)C)c1)CC2. The van der Waals surface area contributed by atoms with Gasteiger partial charge in [0.15, 0.2) is 11.5 Å². The quantitative estimate of drug-likeness (QED) is 0.717. The molecule has 156 valence electrons. The van der Waals surface area contributed by atoms with Crippen molar-refractivity contribution < 1.29 is 19.0 Å². The molecule has 2 aromatic carbocycles. The van der Waals surface area contributed by atoms with Crippen LogP contribution in [0.4, 0.5) is 4.79 Å². The Hall–Kier alpha value is -2.89. The van der Waals surface area contributed by atoms with Gasteiger partial charge in [-0.05, 0) is 53.3 Å². The molecule has 3 rings (SSSR count). The van der Waals surface area contributed by atoms with E-state index in [9.17, 15) is 4.79 Å². The van der Waals surface area contributed by atoms with Gasteiger partial charge in [-0.1, -0.05) is 26.0 Å². The number of ether oxygens (including phenoxy) is 3. The highest BCUT2D eigenvalue weighted by Crippen LogP contribution is 2.33. The summed E-state index contributed by atoms with van der Waals surface area (Å²) in [6.07, 6.45) is 0.793. The Morgan fingerprint density at radius 3 is 2.52 bits per heavy atom. The number of fused-ring (bicyclic) bond motifs is 1. The van der Waals surface area contributed by atoms with Crippen LogP contribution in [0, 0.1) is 0 Å². The molecule has 0 saturated heterocycles. The van der Waals surface area contributed by atoms with E-state index in [2.05, 4.69) is 31.3 Å². The number of hydrogen-bond acceptors (Lipinski definition) is 4. The minimum Gasteiger partial charge on any atom is -0.493 e. The van der Waals surface area contributed by atoms with E-state index in [1.165, 1.54) is 11.1 Å². The molecule has 0 aliphatic carbocycles. The van der Waals surface area contributed by atoms with Crippen LogP contribution in [0.1, 0.15) is 36.5 Å². The van der Waals surface area contributed by atoms with Crippen molar-refractivity contribution in [2.45, 2.75) is 32.7 Å². The summed E-state index contributed by atoms with van der Waals surface area (Å²) in [5.41, 5.74) is 3.52. The fourth-order valence-electron chi connectivity index (χ4n) is 3.46. The first-order valence-corrected chi connectivity index (χ1v) is 10.0. The second-order valence-electron chi connectivity index (χ2n) is 7.46. The van der Waals surface area contributed by atoms with Gasteiger partial charge >= 0.3 is 6.03 Å². The van der Waals surface area contributed by atoms with Crippen molar-refractivity contribution in [2.75, 3.05) is 33.9 Å². The number of hydrogen-bond donors (Lipinski definition) is 1. The topological polar surface area (TPSA) is 60.0 Å². The van der Waals surface area contributed by atoms with Gasteiger partial charge < -0.3 is 24.4 Å². The molecule has 0 saturated carbocycles. The Labute approximate surface area is 172 Å². The predicted molar refractivity (Wildman–Crippen MR) is 113 cm³/mol. The van der Waals surface area contributed by atoms with Crippen molar-refractivity contribution in [3.05, 3.63) is 53.1 Å². The van der Waals surface area contributed by atoms with Crippen LogP contribution in [0.25, 0.3) is 0 Å². The maximum Gasteiger partial charge on any atom is 0.317 e. The number of nitrogens with zero attached hydrogens (tertiary/aromatic N) is 1. The van der Waals surface area contributed by atoms with Crippen LogP contribution in [-0.2, 0) is 13.0 Å². The summed E-state index contributed by atoms with van der Waals surface area (Å²) in [6.45, 7) is 6.43. The molecule has 0 atom stereocenters. The number of urea groups is 1. The van der Waals surface area contributed by atoms with Crippen molar-refractivity contribution in [1.29, 1.82) is 0 Å². The zero-order chi connectivity index (χ0) is 20.8. The van der Waals surface area contributed by atoms with E-state index >= 15 is 0 Å². The van der Waals surface area contributed by atoms with Gasteiger partial charge in [0, 0.05) is 13.1 Å². The summed E-state index contributed by atoms with van der Waals surface area (Å²) in [4.78, 5) is 14.4. The van der Waals surface area contributed by atoms with Crippen LogP contribution < -0.4 is 19.5 Å². The summed E-state index contributed by atoms with van der Waals surface area (Å²) in [6, 6.07) is 12.0. The predicted octanol–water partition coefficient (Wildman–Crippen LogP) is 3.97.